The molecule has 0 aliphatic heterocycles. The van der Waals surface area contributed by atoms with Crippen LogP contribution in [0.15, 0.2) is 59.7 Å². The van der Waals surface area contributed by atoms with E-state index in [2.05, 4.69) is 10.5 Å². The molecule has 0 spiro atoms. The molecule has 0 unspecified atom stereocenters. The molecular weight excluding hydrogens is 348 g/mol. The number of ether oxygens (including phenoxy) is 1. The van der Waals surface area contributed by atoms with Gasteiger partial charge < -0.3 is 4.74 Å². The summed E-state index contributed by atoms with van der Waals surface area (Å²) in [6.07, 6.45) is 1.60. The van der Waals surface area contributed by atoms with Gasteiger partial charge in [-0.3, -0.25) is 4.79 Å². The summed E-state index contributed by atoms with van der Waals surface area (Å²) in [7, 11) is 0. The van der Waals surface area contributed by atoms with Crippen molar-refractivity contribution in [2.75, 3.05) is 6.61 Å². The summed E-state index contributed by atoms with van der Waals surface area (Å²) >= 11 is 6.13. The number of carbonyl (C=O) groups excluding carboxylic acids is 1. The largest absolute Gasteiger partial charge is 0.493 e. The Morgan fingerprint density at radius 3 is 2.77 bits per heavy atom. The standard InChI is InChI=1S/C21H19ClN2O2/c1-3-26-20-11-9-15-6-4-5-7-16(15)18(20)13-23-24-21(25)17-10-8-14(2)12-19(17)22/h4-13H,3H2,1-2H3,(H,24,25)/b23-13+. The maximum atomic E-state index is 12.3. The fraction of sp³-hybridized carbons (Fsp3) is 0.143. The molecule has 1 N–H and O–H groups in total. The molecule has 3 rings (SSSR count). The fourth-order valence-corrected chi connectivity index (χ4v) is 3.03. The van der Waals surface area contributed by atoms with E-state index in [1.54, 1.807) is 18.3 Å². The minimum Gasteiger partial charge on any atom is -0.493 e. The van der Waals surface area contributed by atoms with E-state index in [1.807, 2.05) is 56.3 Å². The summed E-state index contributed by atoms with van der Waals surface area (Å²) in [5.41, 5.74) is 4.73. The number of rotatable bonds is 5. The Hall–Kier alpha value is -2.85. The number of halogens is 1. The second-order valence-corrected chi connectivity index (χ2v) is 6.22. The van der Waals surface area contributed by atoms with Crippen LogP contribution in [0.2, 0.25) is 5.02 Å². The summed E-state index contributed by atoms with van der Waals surface area (Å²) in [5.74, 6) is 0.363. The zero-order chi connectivity index (χ0) is 18.5. The number of amides is 1. The molecule has 5 heteroatoms. The highest BCUT2D eigenvalue weighted by Gasteiger charge is 2.10. The van der Waals surface area contributed by atoms with Gasteiger partial charge >= 0.3 is 0 Å². The van der Waals surface area contributed by atoms with Crippen molar-refractivity contribution in [2.24, 2.45) is 5.10 Å². The molecule has 0 saturated heterocycles. The fourth-order valence-electron chi connectivity index (χ4n) is 2.71. The lowest BCUT2D eigenvalue weighted by molar-refractivity contribution is 0.0955. The van der Waals surface area contributed by atoms with E-state index in [4.69, 9.17) is 16.3 Å². The number of fused-ring (bicyclic) bond motifs is 1. The predicted molar refractivity (Wildman–Crippen MR) is 106 cm³/mol. The Kier molecular flexibility index (Phi) is 5.54. The van der Waals surface area contributed by atoms with Gasteiger partial charge in [0.25, 0.3) is 5.91 Å². The van der Waals surface area contributed by atoms with Crippen LogP contribution in [0.1, 0.15) is 28.4 Å². The van der Waals surface area contributed by atoms with E-state index in [1.165, 1.54) is 0 Å². The topological polar surface area (TPSA) is 50.7 Å². The molecular formula is C21H19ClN2O2. The number of aryl methyl sites for hydroxylation is 1. The first kappa shape index (κ1) is 18.0. The third-order valence-corrected chi connectivity index (χ3v) is 4.27. The third kappa shape index (κ3) is 3.86. The predicted octanol–water partition coefficient (Wildman–Crippen LogP) is 4.96. The highest BCUT2D eigenvalue weighted by molar-refractivity contribution is 6.33. The Balaban J connectivity index is 1.88. The second-order valence-electron chi connectivity index (χ2n) is 5.81. The first-order chi connectivity index (χ1) is 12.6. The van der Waals surface area contributed by atoms with Crippen LogP contribution in [0.3, 0.4) is 0 Å². The second kappa shape index (κ2) is 8.02. The smallest absolute Gasteiger partial charge is 0.272 e. The van der Waals surface area contributed by atoms with E-state index in [0.29, 0.717) is 17.2 Å². The maximum Gasteiger partial charge on any atom is 0.272 e. The van der Waals surface area contributed by atoms with Crippen LogP contribution in [-0.2, 0) is 0 Å². The number of benzene rings is 3. The molecule has 0 saturated carbocycles. The number of nitrogens with one attached hydrogen (secondary N) is 1. The molecule has 132 valence electrons. The number of hydrogen-bond donors (Lipinski definition) is 1. The monoisotopic (exact) mass is 366 g/mol. The van der Waals surface area contributed by atoms with Gasteiger partial charge in [0.2, 0.25) is 0 Å². The van der Waals surface area contributed by atoms with E-state index in [9.17, 15) is 4.79 Å². The van der Waals surface area contributed by atoms with Crippen LogP contribution in [0.25, 0.3) is 10.8 Å². The van der Waals surface area contributed by atoms with Gasteiger partial charge in [-0.2, -0.15) is 5.10 Å². The molecule has 4 nitrogen and oxygen atoms in total. The number of hydrogen-bond acceptors (Lipinski definition) is 3. The molecule has 3 aromatic carbocycles. The summed E-state index contributed by atoms with van der Waals surface area (Å²) in [4.78, 5) is 12.3. The van der Waals surface area contributed by atoms with Crippen molar-refractivity contribution in [1.29, 1.82) is 0 Å². The van der Waals surface area contributed by atoms with Gasteiger partial charge in [-0.25, -0.2) is 5.43 Å². The van der Waals surface area contributed by atoms with E-state index >= 15 is 0 Å². The summed E-state index contributed by atoms with van der Waals surface area (Å²) in [5, 5.41) is 6.59. The van der Waals surface area contributed by atoms with Crippen LogP contribution in [0.4, 0.5) is 0 Å². The molecule has 26 heavy (non-hydrogen) atoms. The maximum absolute atomic E-state index is 12.3. The van der Waals surface area contributed by atoms with Crippen LogP contribution < -0.4 is 10.2 Å². The Morgan fingerprint density at radius 1 is 1.19 bits per heavy atom. The Bertz CT molecular complexity index is 983. The molecule has 1 amide bonds. The van der Waals surface area contributed by atoms with Crippen molar-refractivity contribution >= 4 is 34.5 Å². The average molecular weight is 367 g/mol. The zero-order valence-electron chi connectivity index (χ0n) is 14.6. The van der Waals surface area contributed by atoms with Crippen LogP contribution >= 0.6 is 11.6 Å². The minimum atomic E-state index is -0.357. The number of nitrogens with zero attached hydrogens (tertiary/aromatic N) is 1. The highest BCUT2D eigenvalue weighted by atomic mass is 35.5. The van der Waals surface area contributed by atoms with Crippen molar-refractivity contribution in [3.05, 3.63) is 76.3 Å². The molecule has 0 radical (unpaired) electrons. The van der Waals surface area contributed by atoms with Crippen LogP contribution in [0, 0.1) is 6.92 Å². The minimum absolute atomic E-state index is 0.357. The van der Waals surface area contributed by atoms with Gasteiger partial charge in [0.05, 0.1) is 23.4 Å². The SMILES string of the molecule is CCOc1ccc2ccccc2c1/C=N/NC(=O)c1ccc(C)cc1Cl. The van der Waals surface area contributed by atoms with Crippen molar-refractivity contribution in [1.82, 2.24) is 5.43 Å². The van der Waals surface area contributed by atoms with Gasteiger partial charge in [0.1, 0.15) is 5.75 Å². The zero-order valence-corrected chi connectivity index (χ0v) is 15.4. The van der Waals surface area contributed by atoms with Gasteiger partial charge in [-0.05, 0) is 48.4 Å². The average Bonchev–Trinajstić information content (AvgIpc) is 2.63. The first-order valence-electron chi connectivity index (χ1n) is 8.34. The lowest BCUT2D eigenvalue weighted by atomic mass is 10.0. The summed E-state index contributed by atoms with van der Waals surface area (Å²) < 4.78 is 5.69. The van der Waals surface area contributed by atoms with E-state index in [0.717, 1.165) is 27.6 Å². The van der Waals surface area contributed by atoms with Crippen LogP contribution in [-0.4, -0.2) is 18.7 Å². The van der Waals surface area contributed by atoms with Gasteiger partial charge in [-0.1, -0.05) is 48.0 Å². The van der Waals surface area contributed by atoms with Crippen molar-refractivity contribution in [3.8, 4) is 5.75 Å². The lowest BCUT2D eigenvalue weighted by Gasteiger charge is -2.10. The third-order valence-electron chi connectivity index (χ3n) is 3.96. The van der Waals surface area contributed by atoms with Gasteiger partial charge in [-0.15, -0.1) is 0 Å². The molecule has 0 fully saturated rings. The van der Waals surface area contributed by atoms with E-state index in [-0.39, 0.29) is 5.91 Å². The van der Waals surface area contributed by atoms with Crippen molar-refractivity contribution < 1.29 is 9.53 Å². The van der Waals surface area contributed by atoms with Crippen LogP contribution in [0.5, 0.6) is 5.75 Å². The molecule has 0 aliphatic rings. The van der Waals surface area contributed by atoms with Gasteiger partial charge in [0.15, 0.2) is 0 Å². The quantitative estimate of drug-likeness (QED) is 0.512. The summed E-state index contributed by atoms with van der Waals surface area (Å²) in [6, 6.07) is 17.1. The molecule has 3 aromatic rings. The molecule has 0 atom stereocenters. The Morgan fingerprint density at radius 2 is 2.00 bits per heavy atom. The normalized spacial score (nSPS) is 11.0. The molecule has 0 bridgehead atoms. The number of carbonyl (C=O) groups is 1. The Labute approximate surface area is 157 Å². The van der Waals surface area contributed by atoms with Gasteiger partial charge in [0, 0.05) is 5.56 Å². The van der Waals surface area contributed by atoms with E-state index < -0.39 is 0 Å². The summed E-state index contributed by atoms with van der Waals surface area (Å²) in [6.45, 7) is 4.39. The first-order valence-corrected chi connectivity index (χ1v) is 8.72. The lowest BCUT2D eigenvalue weighted by Crippen LogP contribution is -2.18. The number of hydrazone groups is 1. The van der Waals surface area contributed by atoms with Crippen molar-refractivity contribution in [2.45, 2.75) is 13.8 Å². The molecule has 0 heterocycles. The molecule has 0 aromatic heterocycles. The molecule has 0 aliphatic carbocycles. The van der Waals surface area contributed by atoms with Crippen molar-refractivity contribution in [3.63, 3.8) is 0 Å². The highest BCUT2D eigenvalue weighted by Crippen LogP contribution is 2.26.